The molecule has 0 atom stereocenters. The van der Waals surface area contributed by atoms with E-state index in [9.17, 15) is 0 Å². The SMILES string of the molecule is CN=C(NCc1ccc(-n2ccnc2)nc1)NCc1ccc(C)cc1Oc1ccccc1. The van der Waals surface area contributed by atoms with Crippen molar-refractivity contribution in [1.29, 1.82) is 0 Å². The van der Waals surface area contributed by atoms with E-state index in [0.29, 0.717) is 19.0 Å². The van der Waals surface area contributed by atoms with Crippen LogP contribution in [0.4, 0.5) is 0 Å². The molecule has 7 heteroatoms. The first kappa shape index (κ1) is 21.1. The maximum atomic E-state index is 6.11. The Morgan fingerprint density at radius 3 is 2.59 bits per heavy atom. The fraction of sp³-hybridized carbons (Fsp3) is 0.160. The minimum atomic E-state index is 0.583. The van der Waals surface area contributed by atoms with Gasteiger partial charge in [-0.3, -0.25) is 9.56 Å². The summed E-state index contributed by atoms with van der Waals surface area (Å²) in [5.74, 6) is 3.18. The smallest absolute Gasteiger partial charge is 0.191 e. The molecule has 7 nitrogen and oxygen atoms in total. The fourth-order valence-electron chi connectivity index (χ4n) is 3.17. The summed E-state index contributed by atoms with van der Waals surface area (Å²) in [6.07, 6.45) is 7.18. The van der Waals surface area contributed by atoms with Gasteiger partial charge in [0.05, 0.1) is 0 Å². The van der Waals surface area contributed by atoms with Crippen LogP contribution in [0.2, 0.25) is 0 Å². The molecule has 0 aliphatic heterocycles. The summed E-state index contributed by atoms with van der Waals surface area (Å²) in [5.41, 5.74) is 3.25. The number of imidazole rings is 1. The molecule has 0 radical (unpaired) electrons. The van der Waals surface area contributed by atoms with Crippen molar-refractivity contribution in [2.24, 2.45) is 4.99 Å². The molecular formula is C25H26N6O. The Bertz CT molecular complexity index is 1160. The van der Waals surface area contributed by atoms with Gasteiger partial charge in [-0.25, -0.2) is 9.97 Å². The minimum absolute atomic E-state index is 0.583. The van der Waals surface area contributed by atoms with Crippen molar-refractivity contribution >= 4 is 5.96 Å². The first-order valence-corrected chi connectivity index (χ1v) is 10.4. The van der Waals surface area contributed by atoms with Crippen LogP contribution in [0, 0.1) is 6.92 Å². The lowest BCUT2D eigenvalue weighted by Crippen LogP contribution is -2.36. The monoisotopic (exact) mass is 426 g/mol. The predicted octanol–water partition coefficient (Wildman–Crippen LogP) is 4.23. The molecule has 0 amide bonds. The zero-order valence-corrected chi connectivity index (χ0v) is 18.2. The van der Waals surface area contributed by atoms with E-state index in [1.165, 1.54) is 0 Å². The van der Waals surface area contributed by atoms with Crippen molar-refractivity contribution in [3.05, 3.63) is 102 Å². The van der Waals surface area contributed by atoms with E-state index in [0.717, 1.165) is 34.0 Å². The summed E-state index contributed by atoms with van der Waals surface area (Å²) in [6, 6.07) is 20.0. The van der Waals surface area contributed by atoms with Gasteiger partial charge >= 0.3 is 0 Å². The number of ether oxygens (including phenoxy) is 1. The lowest BCUT2D eigenvalue weighted by Gasteiger charge is -2.15. The Hall–Kier alpha value is -4.13. The molecule has 2 heterocycles. The van der Waals surface area contributed by atoms with Crippen LogP contribution >= 0.6 is 0 Å². The van der Waals surface area contributed by atoms with Gasteiger partial charge in [-0.1, -0.05) is 36.4 Å². The topological polar surface area (TPSA) is 76.4 Å². The van der Waals surface area contributed by atoms with Crippen molar-refractivity contribution in [1.82, 2.24) is 25.2 Å². The van der Waals surface area contributed by atoms with Crippen molar-refractivity contribution in [3.63, 3.8) is 0 Å². The highest BCUT2D eigenvalue weighted by Gasteiger charge is 2.07. The summed E-state index contributed by atoms with van der Waals surface area (Å²) in [5, 5.41) is 6.69. The van der Waals surface area contributed by atoms with Gasteiger partial charge in [-0.05, 0) is 42.3 Å². The second kappa shape index (κ2) is 10.3. The van der Waals surface area contributed by atoms with Crippen molar-refractivity contribution in [2.45, 2.75) is 20.0 Å². The summed E-state index contributed by atoms with van der Waals surface area (Å²) in [6.45, 7) is 3.25. The Kier molecular flexibility index (Phi) is 6.77. The van der Waals surface area contributed by atoms with E-state index in [-0.39, 0.29) is 0 Å². The van der Waals surface area contributed by atoms with Gasteiger partial charge in [0.1, 0.15) is 23.6 Å². The van der Waals surface area contributed by atoms with Gasteiger partial charge in [-0.15, -0.1) is 0 Å². The van der Waals surface area contributed by atoms with Gasteiger partial charge in [0, 0.05) is 44.3 Å². The van der Waals surface area contributed by atoms with Crippen LogP contribution in [0.1, 0.15) is 16.7 Å². The molecule has 0 spiro atoms. The Morgan fingerprint density at radius 1 is 1.03 bits per heavy atom. The Morgan fingerprint density at radius 2 is 1.88 bits per heavy atom. The molecule has 0 saturated heterocycles. The number of pyridine rings is 1. The van der Waals surface area contributed by atoms with Gasteiger partial charge in [0.15, 0.2) is 5.96 Å². The highest BCUT2D eigenvalue weighted by Crippen LogP contribution is 2.26. The summed E-state index contributed by atoms with van der Waals surface area (Å²) >= 11 is 0. The van der Waals surface area contributed by atoms with Gasteiger partial charge < -0.3 is 15.4 Å². The van der Waals surface area contributed by atoms with E-state index >= 15 is 0 Å². The summed E-state index contributed by atoms with van der Waals surface area (Å²) < 4.78 is 7.98. The summed E-state index contributed by atoms with van der Waals surface area (Å²) in [4.78, 5) is 12.9. The molecule has 162 valence electrons. The Balaban J connectivity index is 1.35. The highest BCUT2D eigenvalue weighted by molar-refractivity contribution is 5.79. The number of nitrogens with zero attached hydrogens (tertiary/aromatic N) is 4. The molecule has 32 heavy (non-hydrogen) atoms. The third-order valence-electron chi connectivity index (χ3n) is 4.90. The number of aliphatic imine (C=N–C) groups is 1. The number of nitrogens with one attached hydrogen (secondary N) is 2. The van der Waals surface area contributed by atoms with Crippen LogP contribution in [-0.2, 0) is 13.1 Å². The van der Waals surface area contributed by atoms with E-state index < -0.39 is 0 Å². The number of hydrogen-bond acceptors (Lipinski definition) is 4. The number of para-hydroxylation sites is 1. The molecule has 2 N–H and O–H groups in total. The number of guanidine groups is 1. The van der Waals surface area contributed by atoms with Crippen LogP contribution in [0.15, 0.2) is 90.6 Å². The maximum Gasteiger partial charge on any atom is 0.191 e. The van der Waals surface area contributed by atoms with Crippen LogP contribution < -0.4 is 15.4 Å². The molecule has 2 aromatic carbocycles. The largest absolute Gasteiger partial charge is 0.457 e. The molecule has 2 aromatic heterocycles. The highest BCUT2D eigenvalue weighted by atomic mass is 16.5. The molecule has 0 unspecified atom stereocenters. The third kappa shape index (κ3) is 5.51. The number of hydrogen-bond donors (Lipinski definition) is 2. The minimum Gasteiger partial charge on any atom is -0.457 e. The second-order valence-corrected chi connectivity index (χ2v) is 7.30. The molecule has 4 rings (SSSR count). The van der Waals surface area contributed by atoms with Crippen molar-refractivity contribution in [2.75, 3.05) is 7.05 Å². The van der Waals surface area contributed by atoms with Gasteiger partial charge in [-0.2, -0.15) is 0 Å². The average Bonchev–Trinajstić information content (AvgIpc) is 3.36. The molecule has 4 aromatic rings. The second-order valence-electron chi connectivity index (χ2n) is 7.30. The van der Waals surface area contributed by atoms with E-state index in [4.69, 9.17) is 4.74 Å². The maximum absolute atomic E-state index is 6.11. The normalized spacial score (nSPS) is 11.2. The molecule has 0 saturated carbocycles. The van der Waals surface area contributed by atoms with E-state index in [1.807, 2.05) is 65.5 Å². The molecule has 0 aliphatic carbocycles. The molecule has 0 fully saturated rings. The predicted molar refractivity (Wildman–Crippen MR) is 126 cm³/mol. The first-order chi connectivity index (χ1) is 15.7. The standard InChI is InChI=1S/C25H26N6O/c1-19-8-10-21(23(14-19)32-22-6-4-3-5-7-22)17-30-25(26-2)29-16-20-9-11-24(28-15-20)31-13-12-27-18-31/h3-15,18H,16-17H2,1-2H3,(H2,26,29,30). The first-order valence-electron chi connectivity index (χ1n) is 10.4. The number of aryl methyl sites for hydroxylation is 1. The summed E-state index contributed by atoms with van der Waals surface area (Å²) in [7, 11) is 1.76. The van der Waals surface area contributed by atoms with Crippen molar-refractivity contribution in [3.8, 4) is 17.3 Å². The zero-order valence-electron chi connectivity index (χ0n) is 18.2. The fourth-order valence-corrected chi connectivity index (χ4v) is 3.17. The molecule has 0 bridgehead atoms. The average molecular weight is 427 g/mol. The van der Waals surface area contributed by atoms with E-state index in [1.54, 1.807) is 19.6 Å². The van der Waals surface area contributed by atoms with Crippen LogP contribution in [0.3, 0.4) is 0 Å². The third-order valence-corrected chi connectivity index (χ3v) is 4.90. The number of benzene rings is 2. The zero-order chi connectivity index (χ0) is 22.2. The number of rotatable bonds is 7. The Labute approximate surface area is 187 Å². The lowest BCUT2D eigenvalue weighted by molar-refractivity contribution is 0.474. The van der Waals surface area contributed by atoms with Crippen molar-refractivity contribution < 1.29 is 4.74 Å². The van der Waals surface area contributed by atoms with Crippen LogP contribution in [-0.4, -0.2) is 27.5 Å². The molecular weight excluding hydrogens is 400 g/mol. The van der Waals surface area contributed by atoms with Gasteiger partial charge in [0.25, 0.3) is 0 Å². The van der Waals surface area contributed by atoms with Crippen LogP contribution in [0.5, 0.6) is 11.5 Å². The number of aromatic nitrogens is 3. The lowest BCUT2D eigenvalue weighted by atomic mass is 10.1. The van der Waals surface area contributed by atoms with E-state index in [2.05, 4.69) is 44.7 Å². The quantitative estimate of drug-likeness (QED) is 0.342. The molecule has 0 aliphatic rings. The van der Waals surface area contributed by atoms with Crippen LogP contribution in [0.25, 0.3) is 5.82 Å². The van der Waals surface area contributed by atoms with Gasteiger partial charge in [0.2, 0.25) is 0 Å².